The van der Waals surface area contributed by atoms with Gasteiger partial charge in [0.15, 0.2) is 5.11 Å². The molecule has 1 fully saturated rings. The number of thiocarbonyl (C=S) groups is 1. The smallest absolute Gasteiger partial charge is 0.243 e. The second-order valence-corrected chi connectivity index (χ2v) is 9.18. The maximum absolute atomic E-state index is 12.9. The van der Waals surface area contributed by atoms with Crippen LogP contribution in [0.4, 0.5) is 0 Å². The van der Waals surface area contributed by atoms with E-state index in [4.69, 9.17) is 12.2 Å². The minimum Gasteiger partial charge on any atom is -0.363 e. The highest BCUT2D eigenvalue weighted by molar-refractivity contribution is 7.89. The fourth-order valence-corrected chi connectivity index (χ4v) is 4.68. The highest BCUT2D eigenvalue weighted by Gasteiger charge is 2.29. The number of rotatable bonds is 7. The summed E-state index contributed by atoms with van der Waals surface area (Å²) in [5.41, 5.74) is 1.18. The summed E-state index contributed by atoms with van der Waals surface area (Å²) in [6, 6.07) is 7.34. The van der Waals surface area contributed by atoms with E-state index in [-0.39, 0.29) is 0 Å². The lowest BCUT2D eigenvalue weighted by Gasteiger charge is -2.35. The molecule has 0 bridgehead atoms. The van der Waals surface area contributed by atoms with Crippen molar-refractivity contribution < 1.29 is 8.42 Å². The van der Waals surface area contributed by atoms with Crippen molar-refractivity contribution >= 4 is 27.4 Å². The average Bonchev–Trinajstić information content (AvgIpc) is 2.67. The molecule has 1 N–H and O–H groups in total. The number of benzene rings is 1. The summed E-state index contributed by atoms with van der Waals surface area (Å²) < 4.78 is 27.3. The van der Waals surface area contributed by atoms with Crippen LogP contribution in [0, 0.1) is 0 Å². The second-order valence-electron chi connectivity index (χ2n) is 6.85. The van der Waals surface area contributed by atoms with Crippen LogP contribution in [0.25, 0.3) is 0 Å². The molecule has 0 unspecified atom stereocenters. The van der Waals surface area contributed by atoms with Crippen LogP contribution in [0.1, 0.15) is 51.5 Å². The third-order valence-electron chi connectivity index (χ3n) is 5.03. The van der Waals surface area contributed by atoms with Crippen molar-refractivity contribution in [3.8, 4) is 0 Å². The third kappa shape index (κ3) is 5.18. The Morgan fingerprint density at radius 1 is 1.15 bits per heavy atom. The summed E-state index contributed by atoms with van der Waals surface area (Å²) in [6.45, 7) is 9.48. The van der Waals surface area contributed by atoms with Crippen molar-refractivity contribution in [2.75, 3.05) is 32.7 Å². The number of nitrogens with zero attached hydrogens (tertiary/aromatic N) is 2. The van der Waals surface area contributed by atoms with Gasteiger partial charge in [0.25, 0.3) is 0 Å². The van der Waals surface area contributed by atoms with Crippen molar-refractivity contribution in [3.63, 3.8) is 0 Å². The Hall–Kier alpha value is -1.18. The monoisotopic (exact) mass is 397 g/mol. The fraction of sp³-hybridized carbons (Fsp3) is 0.632. The predicted molar refractivity (Wildman–Crippen MR) is 111 cm³/mol. The zero-order valence-corrected chi connectivity index (χ0v) is 17.7. The Morgan fingerprint density at radius 3 is 2.31 bits per heavy atom. The van der Waals surface area contributed by atoms with E-state index >= 15 is 0 Å². The SMILES string of the molecule is CCCCNC(=S)N1CCN(S(=O)(=O)c2ccc([C@@H](C)CC)cc2)CC1. The summed E-state index contributed by atoms with van der Waals surface area (Å²) in [7, 11) is -3.44. The Morgan fingerprint density at radius 2 is 1.77 bits per heavy atom. The number of piperazine rings is 1. The Balaban J connectivity index is 1.96. The van der Waals surface area contributed by atoms with Gasteiger partial charge in [-0.15, -0.1) is 0 Å². The zero-order valence-electron chi connectivity index (χ0n) is 16.1. The summed E-state index contributed by atoms with van der Waals surface area (Å²) >= 11 is 5.41. The van der Waals surface area contributed by atoms with Gasteiger partial charge in [-0.1, -0.05) is 39.3 Å². The summed E-state index contributed by atoms with van der Waals surface area (Å²) in [6.07, 6.45) is 3.25. The first-order chi connectivity index (χ1) is 12.4. The minimum atomic E-state index is -3.44. The van der Waals surface area contributed by atoms with Crippen molar-refractivity contribution in [2.45, 2.75) is 50.8 Å². The molecule has 1 saturated heterocycles. The van der Waals surface area contributed by atoms with Crippen LogP contribution in [0.2, 0.25) is 0 Å². The van der Waals surface area contributed by atoms with Crippen molar-refractivity contribution in [1.29, 1.82) is 0 Å². The van der Waals surface area contributed by atoms with Crippen LogP contribution < -0.4 is 5.32 Å². The number of nitrogens with one attached hydrogen (secondary N) is 1. The number of sulfonamides is 1. The van der Waals surface area contributed by atoms with Gasteiger partial charge in [-0.25, -0.2) is 8.42 Å². The average molecular weight is 398 g/mol. The Kier molecular flexibility index (Phi) is 7.85. The largest absolute Gasteiger partial charge is 0.363 e. The molecule has 146 valence electrons. The first kappa shape index (κ1) is 21.1. The molecule has 1 aliphatic rings. The standard InChI is InChI=1S/C19H31N3O2S2/c1-4-6-11-20-19(25)21-12-14-22(15-13-21)26(23,24)18-9-7-17(8-10-18)16(3)5-2/h7-10,16H,4-6,11-15H2,1-3H3,(H,20,25)/t16-/m0/s1. The van der Waals surface area contributed by atoms with Gasteiger partial charge in [0.05, 0.1) is 4.90 Å². The van der Waals surface area contributed by atoms with Crippen LogP contribution in [-0.2, 0) is 10.0 Å². The first-order valence-corrected chi connectivity index (χ1v) is 11.4. The molecule has 1 aromatic rings. The molecule has 5 nitrogen and oxygen atoms in total. The van der Waals surface area contributed by atoms with Crippen LogP contribution >= 0.6 is 12.2 Å². The van der Waals surface area contributed by atoms with Crippen molar-refractivity contribution in [1.82, 2.24) is 14.5 Å². The van der Waals surface area contributed by atoms with Gasteiger partial charge in [-0.05, 0) is 48.7 Å². The molecule has 0 saturated carbocycles. The normalized spacial score (nSPS) is 17.1. The van der Waals surface area contributed by atoms with E-state index in [0.29, 0.717) is 37.0 Å². The molecule has 1 aromatic carbocycles. The quantitative estimate of drug-likeness (QED) is 0.566. The molecule has 1 aliphatic heterocycles. The van der Waals surface area contributed by atoms with Crippen LogP contribution in [-0.4, -0.2) is 55.5 Å². The maximum atomic E-state index is 12.9. The van der Waals surface area contributed by atoms with Gasteiger partial charge in [0, 0.05) is 32.7 Å². The van der Waals surface area contributed by atoms with E-state index in [1.807, 2.05) is 12.1 Å². The van der Waals surface area contributed by atoms with E-state index in [9.17, 15) is 8.42 Å². The van der Waals surface area contributed by atoms with Crippen molar-refractivity contribution in [3.05, 3.63) is 29.8 Å². The second kappa shape index (κ2) is 9.67. The molecule has 0 spiro atoms. The van der Waals surface area contributed by atoms with Gasteiger partial charge in [0.2, 0.25) is 10.0 Å². The molecule has 1 heterocycles. The van der Waals surface area contributed by atoms with Gasteiger partial charge >= 0.3 is 0 Å². The summed E-state index contributed by atoms with van der Waals surface area (Å²) in [5, 5.41) is 3.98. The Labute approximate surface area is 163 Å². The molecule has 2 rings (SSSR count). The minimum absolute atomic E-state index is 0.377. The van der Waals surface area contributed by atoms with Crippen LogP contribution in [0.3, 0.4) is 0 Å². The van der Waals surface area contributed by atoms with E-state index in [1.54, 1.807) is 16.4 Å². The van der Waals surface area contributed by atoms with Gasteiger partial charge < -0.3 is 10.2 Å². The van der Waals surface area contributed by atoms with E-state index < -0.39 is 10.0 Å². The lowest BCUT2D eigenvalue weighted by Crippen LogP contribution is -2.53. The van der Waals surface area contributed by atoms with Crippen LogP contribution in [0.5, 0.6) is 0 Å². The number of hydrogen-bond donors (Lipinski definition) is 1. The summed E-state index contributed by atoms with van der Waals surface area (Å²) in [5.74, 6) is 0.441. The first-order valence-electron chi connectivity index (χ1n) is 9.53. The van der Waals surface area contributed by atoms with E-state index in [2.05, 4.69) is 31.0 Å². The van der Waals surface area contributed by atoms with Crippen LogP contribution in [0.15, 0.2) is 29.2 Å². The molecular weight excluding hydrogens is 366 g/mol. The predicted octanol–water partition coefficient (Wildman–Crippen LogP) is 3.18. The number of unbranched alkanes of at least 4 members (excludes halogenated alkanes) is 1. The highest BCUT2D eigenvalue weighted by atomic mass is 32.2. The number of hydrogen-bond acceptors (Lipinski definition) is 3. The molecule has 0 radical (unpaired) electrons. The zero-order chi connectivity index (χ0) is 19.2. The van der Waals surface area contributed by atoms with Gasteiger partial charge in [-0.3, -0.25) is 0 Å². The highest BCUT2D eigenvalue weighted by Crippen LogP contribution is 2.23. The van der Waals surface area contributed by atoms with Crippen molar-refractivity contribution in [2.24, 2.45) is 0 Å². The molecule has 26 heavy (non-hydrogen) atoms. The van der Waals surface area contributed by atoms with E-state index in [1.165, 1.54) is 5.56 Å². The molecular formula is C19H31N3O2S2. The molecule has 0 aliphatic carbocycles. The lowest BCUT2D eigenvalue weighted by molar-refractivity contribution is 0.264. The topological polar surface area (TPSA) is 52.6 Å². The molecule has 7 heteroatoms. The molecule has 0 amide bonds. The maximum Gasteiger partial charge on any atom is 0.243 e. The molecule has 1 atom stereocenters. The fourth-order valence-electron chi connectivity index (χ4n) is 2.97. The Bertz CT molecular complexity index is 681. The lowest BCUT2D eigenvalue weighted by atomic mass is 9.99. The van der Waals surface area contributed by atoms with Gasteiger partial charge in [0.1, 0.15) is 0 Å². The van der Waals surface area contributed by atoms with Gasteiger partial charge in [-0.2, -0.15) is 4.31 Å². The van der Waals surface area contributed by atoms with E-state index in [0.717, 1.165) is 30.9 Å². The molecule has 0 aromatic heterocycles. The summed E-state index contributed by atoms with van der Waals surface area (Å²) in [4.78, 5) is 2.44. The third-order valence-corrected chi connectivity index (χ3v) is 7.35.